The number of nitro benzene ring substituents is 1. The van der Waals surface area contributed by atoms with E-state index in [0.717, 1.165) is 12.8 Å². The van der Waals surface area contributed by atoms with Crippen molar-refractivity contribution in [1.82, 2.24) is 15.2 Å². The van der Waals surface area contributed by atoms with Gasteiger partial charge in [0.2, 0.25) is 0 Å². The molecule has 3 rings (SSSR count). The molecule has 1 N–H and O–H groups in total. The summed E-state index contributed by atoms with van der Waals surface area (Å²) in [5.74, 6) is 1.68. The Labute approximate surface area is 157 Å². The molecular formula is C19H24N4O4. The lowest BCUT2D eigenvalue weighted by Gasteiger charge is -2.37. The maximum Gasteiger partial charge on any atom is 0.313 e. The number of nitro groups is 1. The molecule has 1 fully saturated rings. The number of nitrogens with one attached hydrogen (secondary N) is 1. The summed E-state index contributed by atoms with van der Waals surface area (Å²) in [4.78, 5) is 27.0. The van der Waals surface area contributed by atoms with Gasteiger partial charge in [0.15, 0.2) is 5.82 Å². The van der Waals surface area contributed by atoms with Crippen LogP contribution in [0.4, 0.5) is 5.69 Å². The highest BCUT2D eigenvalue weighted by Gasteiger charge is 2.34. The zero-order valence-electron chi connectivity index (χ0n) is 15.7. The number of hydrogen-bond donors (Lipinski definition) is 1. The number of hydrogen-bond acceptors (Lipinski definition) is 6. The summed E-state index contributed by atoms with van der Waals surface area (Å²) >= 11 is 0. The number of nitrogens with zero attached hydrogens (tertiary/aromatic N) is 3. The predicted molar refractivity (Wildman–Crippen MR) is 98.8 cm³/mol. The normalized spacial score (nSPS) is 25.1. The smallest absolute Gasteiger partial charge is 0.313 e. The highest BCUT2D eigenvalue weighted by atomic mass is 16.6. The molecule has 1 saturated carbocycles. The van der Waals surface area contributed by atoms with Crippen LogP contribution >= 0.6 is 0 Å². The lowest BCUT2D eigenvalue weighted by Crippen LogP contribution is -2.37. The number of esters is 1. The largest absolute Gasteiger partial charge is 0.461 e. The Balaban J connectivity index is 1.64. The van der Waals surface area contributed by atoms with Crippen LogP contribution in [0.3, 0.4) is 0 Å². The van der Waals surface area contributed by atoms with Crippen molar-refractivity contribution in [2.75, 3.05) is 0 Å². The Kier molecular flexibility index (Phi) is 5.53. The molecular weight excluding hydrogens is 348 g/mol. The van der Waals surface area contributed by atoms with E-state index >= 15 is 0 Å². The Hall–Kier alpha value is -2.77. The maximum atomic E-state index is 12.3. The predicted octanol–water partition coefficient (Wildman–Crippen LogP) is 3.54. The fourth-order valence-corrected chi connectivity index (χ4v) is 4.02. The van der Waals surface area contributed by atoms with Crippen molar-refractivity contribution >= 4 is 11.7 Å². The van der Waals surface area contributed by atoms with Gasteiger partial charge in [-0.05, 0) is 30.6 Å². The van der Waals surface area contributed by atoms with E-state index in [-0.39, 0.29) is 24.2 Å². The molecule has 8 heteroatoms. The number of H-pyrrole nitrogens is 1. The number of carbonyl (C=O) groups is 1. The summed E-state index contributed by atoms with van der Waals surface area (Å²) in [5, 5.41) is 17.7. The number of carbonyl (C=O) groups excluding carboxylic acids is 1. The number of benzene rings is 1. The van der Waals surface area contributed by atoms with Crippen LogP contribution in [0.5, 0.6) is 0 Å². The number of aromatic amines is 1. The Morgan fingerprint density at radius 3 is 2.67 bits per heavy atom. The fourth-order valence-electron chi connectivity index (χ4n) is 4.02. The molecule has 1 heterocycles. The van der Waals surface area contributed by atoms with Crippen molar-refractivity contribution in [2.45, 2.75) is 46.1 Å². The summed E-state index contributed by atoms with van der Waals surface area (Å²) in [6, 6.07) is 6.06. The molecule has 8 nitrogen and oxygen atoms in total. The molecule has 0 saturated heterocycles. The third-order valence-corrected chi connectivity index (χ3v) is 5.10. The van der Waals surface area contributed by atoms with Crippen molar-refractivity contribution in [3.63, 3.8) is 0 Å². The molecule has 0 radical (unpaired) electrons. The minimum Gasteiger partial charge on any atom is -0.461 e. The number of aromatic nitrogens is 3. The summed E-state index contributed by atoms with van der Waals surface area (Å²) in [5.41, 5.74) is 0.483. The molecule has 0 spiro atoms. The molecule has 2 atom stereocenters. The average Bonchev–Trinajstić information content (AvgIpc) is 3.06. The Bertz CT molecular complexity index is 823. The molecule has 0 bridgehead atoms. The van der Waals surface area contributed by atoms with Crippen LogP contribution in [0.2, 0.25) is 0 Å². The molecule has 2 unspecified atom stereocenters. The van der Waals surface area contributed by atoms with Gasteiger partial charge in [0.1, 0.15) is 18.3 Å². The maximum absolute atomic E-state index is 12.3. The molecule has 144 valence electrons. The van der Waals surface area contributed by atoms with Crippen LogP contribution in [0.15, 0.2) is 24.3 Å². The van der Waals surface area contributed by atoms with Gasteiger partial charge >= 0.3 is 5.97 Å². The standard InChI is InChI=1S/C19H24N4O4/c1-11-7-12(2)18(13(3)8-11)27-17(24)10-16-20-19(22-21-16)14-5-4-6-15(9-14)23(25)26/h4-6,9,11-13,18H,7-8,10H2,1-3H3,(H,20,21,22). The van der Waals surface area contributed by atoms with E-state index in [1.165, 1.54) is 12.1 Å². The number of rotatable bonds is 5. The van der Waals surface area contributed by atoms with Gasteiger partial charge in [-0.15, -0.1) is 0 Å². The zero-order valence-corrected chi connectivity index (χ0v) is 15.7. The SMILES string of the molecule is CC1CC(C)C(OC(=O)Cc2nc(-c3cccc([N+](=O)[O-])c3)n[nH]2)C(C)C1. The van der Waals surface area contributed by atoms with Gasteiger partial charge in [-0.2, -0.15) is 5.10 Å². The lowest BCUT2D eigenvalue weighted by atomic mass is 9.75. The van der Waals surface area contributed by atoms with E-state index in [4.69, 9.17) is 4.74 Å². The molecule has 0 aliphatic heterocycles. The summed E-state index contributed by atoms with van der Waals surface area (Å²) in [6.07, 6.45) is 2.03. The van der Waals surface area contributed by atoms with Crippen LogP contribution in [0, 0.1) is 27.9 Å². The molecule has 1 aromatic heterocycles. The van der Waals surface area contributed by atoms with Gasteiger partial charge in [-0.1, -0.05) is 32.9 Å². The highest BCUT2D eigenvalue weighted by molar-refractivity contribution is 5.72. The first-order valence-electron chi connectivity index (χ1n) is 9.19. The van der Waals surface area contributed by atoms with Gasteiger partial charge in [-0.25, -0.2) is 4.98 Å². The quantitative estimate of drug-likeness (QED) is 0.488. The topological polar surface area (TPSA) is 111 Å². The highest BCUT2D eigenvalue weighted by Crippen LogP contribution is 2.35. The van der Waals surface area contributed by atoms with Crippen LogP contribution in [-0.4, -0.2) is 32.2 Å². The second-order valence-corrected chi connectivity index (χ2v) is 7.58. The van der Waals surface area contributed by atoms with E-state index in [9.17, 15) is 14.9 Å². The summed E-state index contributed by atoms with van der Waals surface area (Å²) in [7, 11) is 0. The van der Waals surface area contributed by atoms with Crippen LogP contribution in [0.1, 0.15) is 39.4 Å². The average molecular weight is 372 g/mol. The lowest BCUT2D eigenvalue weighted by molar-refractivity contribution is -0.384. The van der Waals surface area contributed by atoms with Gasteiger partial charge in [0, 0.05) is 17.7 Å². The second kappa shape index (κ2) is 7.85. The van der Waals surface area contributed by atoms with Crippen molar-refractivity contribution in [3.05, 3.63) is 40.2 Å². The first-order valence-corrected chi connectivity index (χ1v) is 9.19. The van der Waals surface area contributed by atoms with Gasteiger partial charge in [0.05, 0.1) is 4.92 Å². The third-order valence-electron chi connectivity index (χ3n) is 5.10. The van der Waals surface area contributed by atoms with E-state index in [0.29, 0.717) is 35.0 Å². The van der Waals surface area contributed by atoms with Crippen LogP contribution < -0.4 is 0 Å². The molecule has 27 heavy (non-hydrogen) atoms. The fraction of sp³-hybridized carbons (Fsp3) is 0.526. The van der Waals surface area contributed by atoms with E-state index in [1.807, 2.05) is 0 Å². The second-order valence-electron chi connectivity index (χ2n) is 7.58. The molecule has 1 aliphatic carbocycles. The monoisotopic (exact) mass is 372 g/mol. The van der Waals surface area contributed by atoms with E-state index in [1.54, 1.807) is 12.1 Å². The molecule has 0 amide bonds. The number of non-ortho nitro benzene ring substituents is 1. The van der Waals surface area contributed by atoms with Crippen molar-refractivity contribution in [2.24, 2.45) is 17.8 Å². The van der Waals surface area contributed by atoms with Gasteiger partial charge < -0.3 is 4.74 Å². The summed E-state index contributed by atoms with van der Waals surface area (Å²) in [6.45, 7) is 6.48. The first-order chi connectivity index (χ1) is 12.8. The molecule has 1 aliphatic rings. The minimum atomic E-state index is -0.470. The van der Waals surface area contributed by atoms with Crippen LogP contribution in [-0.2, 0) is 16.0 Å². The minimum absolute atomic E-state index is 0.00653. The third kappa shape index (κ3) is 4.50. The van der Waals surface area contributed by atoms with E-state index in [2.05, 4.69) is 36.0 Å². The van der Waals surface area contributed by atoms with Gasteiger partial charge in [-0.3, -0.25) is 20.0 Å². The van der Waals surface area contributed by atoms with Crippen molar-refractivity contribution in [3.8, 4) is 11.4 Å². The molecule has 2 aromatic rings. The first kappa shape index (κ1) is 19.0. The number of ether oxygens (including phenoxy) is 1. The van der Waals surface area contributed by atoms with Gasteiger partial charge in [0.25, 0.3) is 5.69 Å². The molecule has 1 aromatic carbocycles. The van der Waals surface area contributed by atoms with Crippen LogP contribution in [0.25, 0.3) is 11.4 Å². The zero-order chi connectivity index (χ0) is 19.6. The Morgan fingerprint density at radius 1 is 1.30 bits per heavy atom. The van der Waals surface area contributed by atoms with Crippen molar-refractivity contribution in [1.29, 1.82) is 0 Å². The van der Waals surface area contributed by atoms with E-state index < -0.39 is 4.92 Å². The summed E-state index contributed by atoms with van der Waals surface area (Å²) < 4.78 is 5.72. The Morgan fingerprint density at radius 2 is 2.00 bits per heavy atom. The van der Waals surface area contributed by atoms with Crippen molar-refractivity contribution < 1.29 is 14.5 Å².